The van der Waals surface area contributed by atoms with Crippen molar-refractivity contribution in [2.75, 3.05) is 20.7 Å². The van der Waals surface area contributed by atoms with Crippen LogP contribution in [0.25, 0.3) is 0 Å². The zero-order chi connectivity index (χ0) is 12.0. The van der Waals surface area contributed by atoms with E-state index in [0.717, 1.165) is 25.7 Å². The highest BCUT2D eigenvalue weighted by Gasteiger charge is 2.26. The van der Waals surface area contributed by atoms with E-state index in [1.54, 1.807) is 12.0 Å². The van der Waals surface area contributed by atoms with Gasteiger partial charge in [0.25, 0.3) is 0 Å². The fourth-order valence-corrected chi connectivity index (χ4v) is 2.09. The summed E-state index contributed by atoms with van der Waals surface area (Å²) in [7, 11) is 3.57. The highest BCUT2D eigenvalue weighted by Crippen LogP contribution is 2.23. The van der Waals surface area contributed by atoms with E-state index in [2.05, 4.69) is 11.2 Å². The molecule has 0 aliphatic heterocycles. The molecule has 16 heavy (non-hydrogen) atoms. The minimum Gasteiger partial charge on any atom is -0.381 e. The topological polar surface area (TPSA) is 41.6 Å². The van der Waals surface area contributed by atoms with Crippen molar-refractivity contribution in [1.82, 2.24) is 10.2 Å². The summed E-state index contributed by atoms with van der Waals surface area (Å²) >= 11 is 0. The number of carbonyl (C=O) groups is 1. The van der Waals surface area contributed by atoms with Crippen molar-refractivity contribution < 1.29 is 9.53 Å². The average molecular weight is 224 g/mol. The molecule has 1 saturated carbocycles. The number of ether oxygens (including phenoxy) is 1. The number of terminal acetylenes is 1. The van der Waals surface area contributed by atoms with Crippen LogP contribution in [0.3, 0.4) is 0 Å². The molecular weight excluding hydrogens is 204 g/mol. The molecule has 0 bridgehead atoms. The Morgan fingerprint density at radius 1 is 1.50 bits per heavy atom. The lowest BCUT2D eigenvalue weighted by molar-refractivity contribution is 0.0497. The van der Waals surface area contributed by atoms with Crippen LogP contribution in [-0.4, -0.2) is 43.8 Å². The van der Waals surface area contributed by atoms with Crippen LogP contribution in [0.1, 0.15) is 25.7 Å². The van der Waals surface area contributed by atoms with Gasteiger partial charge in [0.2, 0.25) is 0 Å². The van der Waals surface area contributed by atoms with Gasteiger partial charge in [-0.2, -0.15) is 0 Å². The van der Waals surface area contributed by atoms with Gasteiger partial charge >= 0.3 is 6.03 Å². The van der Waals surface area contributed by atoms with E-state index in [-0.39, 0.29) is 12.6 Å². The second kappa shape index (κ2) is 6.39. The van der Waals surface area contributed by atoms with Gasteiger partial charge in [0, 0.05) is 20.2 Å². The van der Waals surface area contributed by atoms with Gasteiger partial charge in [-0.05, 0) is 25.7 Å². The maximum absolute atomic E-state index is 11.6. The molecular formula is C12H20N2O2. The van der Waals surface area contributed by atoms with E-state index < -0.39 is 0 Å². The monoisotopic (exact) mass is 224 g/mol. The molecule has 2 amide bonds. The summed E-state index contributed by atoms with van der Waals surface area (Å²) in [6.07, 6.45) is 9.49. The number of rotatable bonds is 3. The Kier molecular flexibility index (Phi) is 5.13. The number of hydrogen-bond acceptors (Lipinski definition) is 2. The molecule has 0 aromatic heterocycles. The zero-order valence-electron chi connectivity index (χ0n) is 10.0. The van der Waals surface area contributed by atoms with Crippen molar-refractivity contribution in [2.45, 2.75) is 37.8 Å². The summed E-state index contributed by atoms with van der Waals surface area (Å²) in [5, 5.41) is 2.67. The second-order valence-corrected chi connectivity index (χ2v) is 4.14. The van der Waals surface area contributed by atoms with Crippen molar-refractivity contribution in [1.29, 1.82) is 0 Å². The predicted octanol–water partition coefficient (Wildman–Crippen LogP) is 1.22. The molecule has 0 aromatic carbocycles. The molecule has 1 N–H and O–H groups in total. The Balaban J connectivity index is 2.35. The van der Waals surface area contributed by atoms with Gasteiger partial charge in [-0.1, -0.05) is 5.92 Å². The fraction of sp³-hybridized carbons (Fsp3) is 0.750. The third-order valence-electron chi connectivity index (χ3n) is 3.19. The standard InChI is InChI=1S/C12H20N2O2/c1-4-9-13-12(15)14(2)10-5-7-11(16-3)8-6-10/h1,10-11H,5-9H2,2-3H3,(H,13,15). The molecule has 1 aliphatic rings. The van der Waals surface area contributed by atoms with E-state index in [0.29, 0.717) is 12.1 Å². The van der Waals surface area contributed by atoms with Crippen molar-refractivity contribution in [3.05, 3.63) is 0 Å². The smallest absolute Gasteiger partial charge is 0.318 e. The molecule has 1 fully saturated rings. The largest absolute Gasteiger partial charge is 0.381 e. The van der Waals surface area contributed by atoms with Gasteiger partial charge in [0.1, 0.15) is 0 Å². The molecule has 0 unspecified atom stereocenters. The van der Waals surface area contributed by atoms with E-state index in [1.807, 2.05) is 7.05 Å². The van der Waals surface area contributed by atoms with Crippen LogP contribution in [0, 0.1) is 12.3 Å². The quantitative estimate of drug-likeness (QED) is 0.732. The van der Waals surface area contributed by atoms with Crippen molar-refractivity contribution in [3.8, 4) is 12.3 Å². The molecule has 0 radical (unpaired) electrons. The molecule has 0 saturated heterocycles. The van der Waals surface area contributed by atoms with Gasteiger partial charge < -0.3 is 15.0 Å². The molecule has 1 rings (SSSR count). The maximum atomic E-state index is 11.6. The normalized spacial score (nSPS) is 24.6. The molecule has 0 heterocycles. The Morgan fingerprint density at radius 2 is 2.12 bits per heavy atom. The Labute approximate surface area is 97.3 Å². The molecule has 0 aromatic rings. The molecule has 90 valence electrons. The van der Waals surface area contributed by atoms with E-state index in [1.165, 1.54) is 0 Å². The van der Waals surface area contributed by atoms with E-state index in [4.69, 9.17) is 11.2 Å². The summed E-state index contributed by atoms with van der Waals surface area (Å²) in [5.41, 5.74) is 0. The summed E-state index contributed by atoms with van der Waals surface area (Å²) in [4.78, 5) is 13.4. The van der Waals surface area contributed by atoms with Crippen LogP contribution in [0.15, 0.2) is 0 Å². The second-order valence-electron chi connectivity index (χ2n) is 4.14. The van der Waals surface area contributed by atoms with Crippen LogP contribution in [0.2, 0.25) is 0 Å². The lowest BCUT2D eigenvalue weighted by atomic mass is 9.92. The number of nitrogens with zero attached hydrogens (tertiary/aromatic N) is 1. The lowest BCUT2D eigenvalue weighted by Gasteiger charge is -2.34. The van der Waals surface area contributed by atoms with Crippen molar-refractivity contribution in [3.63, 3.8) is 0 Å². The third-order valence-corrected chi connectivity index (χ3v) is 3.19. The van der Waals surface area contributed by atoms with E-state index in [9.17, 15) is 4.79 Å². The molecule has 0 spiro atoms. The molecule has 4 heteroatoms. The number of hydrogen-bond donors (Lipinski definition) is 1. The maximum Gasteiger partial charge on any atom is 0.318 e. The highest BCUT2D eigenvalue weighted by molar-refractivity contribution is 5.74. The lowest BCUT2D eigenvalue weighted by Crippen LogP contribution is -2.45. The molecule has 1 aliphatic carbocycles. The van der Waals surface area contributed by atoms with Gasteiger partial charge in [-0.25, -0.2) is 4.79 Å². The van der Waals surface area contributed by atoms with Gasteiger partial charge in [0.15, 0.2) is 0 Å². The third kappa shape index (κ3) is 3.42. The first-order valence-electron chi connectivity index (χ1n) is 5.66. The van der Waals surface area contributed by atoms with Crippen LogP contribution in [0.4, 0.5) is 4.79 Å². The summed E-state index contributed by atoms with van der Waals surface area (Å²) in [6.45, 7) is 0.288. The SMILES string of the molecule is C#CCNC(=O)N(C)C1CCC(OC)CC1. The first kappa shape index (κ1) is 12.9. The number of nitrogens with one attached hydrogen (secondary N) is 1. The van der Waals surface area contributed by atoms with Crippen molar-refractivity contribution in [2.24, 2.45) is 0 Å². The number of urea groups is 1. The summed E-state index contributed by atoms with van der Waals surface area (Å²) in [6, 6.07) is 0.225. The van der Waals surface area contributed by atoms with Crippen LogP contribution >= 0.6 is 0 Å². The number of carbonyl (C=O) groups excluding carboxylic acids is 1. The Bertz CT molecular complexity index is 265. The van der Waals surface area contributed by atoms with Crippen LogP contribution in [0.5, 0.6) is 0 Å². The number of amides is 2. The van der Waals surface area contributed by atoms with Gasteiger partial charge in [-0.15, -0.1) is 6.42 Å². The Hall–Kier alpha value is -1.21. The zero-order valence-corrected chi connectivity index (χ0v) is 10.0. The number of methoxy groups -OCH3 is 1. The van der Waals surface area contributed by atoms with E-state index >= 15 is 0 Å². The first-order chi connectivity index (χ1) is 7.69. The van der Waals surface area contributed by atoms with Crippen LogP contribution in [-0.2, 0) is 4.74 Å². The van der Waals surface area contributed by atoms with Gasteiger partial charge in [0.05, 0.1) is 12.6 Å². The molecule has 4 nitrogen and oxygen atoms in total. The van der Waals surface area contributed by atoms with Crippen molar-refractivity contribution >= 4 is 6.03 Å². The Morgan fingerprint density at radius 3 is 2.62 bits per heavy atom. The van der Waals surface area contributed by atoms with Crippen LogP contribution < -0.4 is 5.32 Å². The minimum atomic E-state index is -0.0844. The average Bonchev–Trinajstić information content (AvgIpc) is 2.35. The molecule has 0 atom stereocenters. The predicted molar refractivity (Wildman–Crippen MR) is 63.0 cm³/mol. The minimum absolute atomic E-state index is 0.0844. The van der Waals surface area contributed by atoms with Gasteiger partial charge in [-0.3, -0.25) is 0 Å². The summed E-state index contributed by atoms with van der Waals surface area (Å²) in [5.74, 6) is 2.39. The summed E-state index contributed by atoms with van der Waals surface area (Å²) < 4.78 is 5.30. The fourth-order valence-electron chi connectivity index (χ4n) is 2.09. The first-order valence-corrected chi connectivity index (χ1v) is 5.66. The highest BCUT2D eigenvalue weighted by atomic mass is 16.5.